The first-order chi connectivity index (χ1) is 8.96. The van der Waals surface area contributed by atoms with Crippen molar-refractivity contribution in [2.24, 2.45) is 0 Å². The van der Waals surface area contributed by atoms with Crippen LogP contribution in [0.25, 0.3) is 0 Å². The Labute approximate surface area is 117 Å². The second-order valence-electron chi connectivity index (χ2n) is 4.56. The maximum absolute atomic E-state index is 12.0. The molecule has 0 aliphatic carbocycles. The van der Waals surface area contributed by atoms with E-state index in [4.69, 9.17) is 4.74 Å². The Kier molecular flexibility index (Phi) is 4.52. The highest BCUT2D eigenvalue weighted by molar-refractivity contribution is 7.99. The number of Topliss-reactive ketones (excluding diaryl/α,β-unsaturated/α-hetero) is 1. The molecule has 0 fully saturated rings. The van der Waals surface area contributed by atoms with Gasteiger partial charge in [0.2, 0.25) is 0 Å². The molecule has 4 nitrogen and oxygen atoms in total. The van der Waals surface area contributed by atoms with E-state index in [9.17, 15) is 13.2 Å². The first-order valence-corrected chi connectivity index (χ1v) is 9.09. The van der Waals surface area contributed by atoms with Crippen molar-refractivity contribution in [1.29, 1.82) is 0 Å². The van der Waals surface area contributed by atoms with Crippen molar-refractivity contribution in [2.45, 2.75) is 23.8 Å². The molecule has 1 aliphatic heterocycles. The van der Waals surface area contributed by atoms with Crippen LogP contribution in [0.4, 0.5) is 0 Å². The van der Waals surface area contributed by atoms with Crippen LogP contribution in [0.5, 0.6) is 5.75 Å². The van der Waals surface area contributed by atoms with E-state index in [0.29, 0.717) is 12.2 Å². The van der Waals surface area contributed by atoms with Gasteiger partial charge in [0, 0.05) is 23.3 Å². The van der Waals surface area contributed by atoms with E-state index in [1.54, 1.807) is 11.8 Å². The van der Waals surface area contributed by atoms with Gasteiger partial charge in [0.1, 0.15) is 15.6 Å². The fraction of sp³-hybridized carbons (Fsp3) is 0.462. The van der Waals surface area contributed by atoms with Crippen LogP contribution < -0.4 is 4.74 Å². The zero-order valence-corrected chi connectivity index (χ0v) is 12.3. The average Bonchev–Trinajstić information content (AvgIpc) is 2.36. The predicted molar refractivity (Wildman–Crippen MR) is 75.5 cm³/mol. The lowest BCUT2D eigenvalue weighted by atomic mass is 10.1. The molecule has 1 unspecified atom stereocenters. The molecule has 1 atom stereocenters. The van der Waals surface area contributed by atoms with Crippen molar-refractivity contribution in [3.8, 4) is 5.75 Å². The predicted octanol–water partition coefficient (Wildman–Crippen LogP) is 1.93. The average molecular weight is 300 g/mol. The molecule has 0 N–H and O–H groups in total. The molecule has 104 valence electrons. The Balaban J connectivity index is 1.89. The lowest BCUT2D eigenvalue weighted by molar-refractivity contribution is -0.125. The molecule has 1 aliphatic rings. The van der Waals surface area contributed by atoms with E-state index in [1.807, 2.05) is 24.3 Å². The van der Waals surface area contributed by atoms with Crippen LogP contribution in [0.2, 0.25) is 0 Å². The third-order valence-electron chi connectivity index (χ3n) is 2.81. The molecule has 6 heteroatoms. The minimum atomic E-state index is -3.00. The number of ketones is 1. The summed E-state index contributed by atoms with van der Waals surface area (Å²) in [5, 5.41) is 0. The number of rotatable bonds is 5. The number of thioether (sulfide) groups is 1. The summed E-state index contributed by atoms with van der Waals surface area (Å²) in [7, 11) is -3.00. The number of sulfone groups is 1. The normalized spacial score (nSPS) is 18.5. The highest BCUT2D eigenvalue weighted by Gasteiger charge is 2.25. The first kappa shape index (κ1) is 14.4. The van der Waals surface area contributed by atoms with Gasteiger partial charge in [0.25, 0.3) is 0 Å². The Morgan fingerprint density at radius 1 is 1.42 bits per heavy atom. The fourth-order valence-corrected chi connectivity index (χ4v) is 3.53. The second kappa shape index (κ2) is 5.96. The zero-order valence-electron chi connectivity index (χ0n) is 10.7. The van der Waals surface area contributed by atoms with Gasteiger partial charge in [-0.1, -0.05) is 12.1 Å². The monoisotopic (exact) mass is 300 g/mol. The van der Waals surface area contributed by atoms with Gasteiger partial charge in [-0.25, -0.2) is 8.42 Å². The molecule has 1 aromatic carbocycles. The molecule has 1 heterocycles. The molecule has 0 saturated heterocycles. The first-order valence-electron chi connectivity index (χ1n) is 6.04. The lowest BCUT2D eigenvalue weighted by Crippen LogP contribution is -2.32. The molecular formula is C13H16O4S2. The SMILES string of the molecule is CS(=O)(=O)CCCC(=O)C1CSc2ccccc2O1. The molecule has 0 spiro atoms. The van der Waals surface area contributed by atoms with Crippen molar-refractivity contribution in [2.75, 3.05) is 17.8 Å². The number of hydrogen-bond acceptors (Lipinski definition) is 5. The van der Waals surface area contributed by atoms with Crippen LogP contribution in [0.15, 0.2) is 29.2 Å². The Morgan fingerprint density at radius 3 is 2.89 bits per heavy atom. The summed E-state index contributed by atoms with van der Waals surface area (Å²) in [6.07, 6.45) is 1.34. The van der Waals surface area contributed by atoms with Gasteiger partial charge in [-0.3, -0.25) is 4.79 Å². The van der Waals surface area contributed by atoms with Gasteiger partial charge in [0.15, 0.2) is 11.9 Å². The van der Waals surface area contributed by atoms with Gasteiger partial charge >= 0.3 is 0 Å². The van der Waals surface area contributed by atoms with Crippen LogP contribution in [0, 0.1) is 0 Å². The standard InChI is InChI=1S/C13H16O4S2/c1-19(15,16)8-4-5-10(14)12-9-18-13-7-3-2-6-11(13)17-12/h2-3,6-7,12H,4-5,8-9H2,1H3. The molecule has 19 heavy (non-hydrogen) atoms. The number of para-hydroxylation sites is 1. The molecule has 1 aromatic rings. The number of carbonyl (C=O) groups is 1. The summed E-state index contributed by atoms with van der Waals surface area (Å²) in [5.74, 6) is 1.36. The van der Waals surface area contributed by atoms with Crippen LogP contribution in [0.3, 0.4) is 0 Å². The third kappa shape index (κ3) is 4.24. The molecule has 0 saturated carbocycles. The van der Waals surface area contributed by atoms with Gasteiger partial charge in [0.05, 0.1) is 5.75 Å². The Hall–Kier alpha value is -1.01. The van der Waals surface area contributed by atoms with Crippen LogP contribution in [-0.4, -0.2) is 38.1 Å². The minimum absolute atomic E-state index is 0.0225. The number of carbonyl (C=O) groups excluding carboxylic acids is 1. The molecule has 0 bridgehead atoms. The van der Waals surface area contributed by atoms with Gasteiger partial charge in [-0.05, 0) is 18.6 Å². The van der Waals surface area contributed by atoms with Crippen molar-refractivity contribution in [1.82, 2.24) is 0 Å². The summed E-state index contributed by atoms with van der Waals surface area (Å²) in [4.78, 5) is 13.0. The van der Waals surface area contributed by atoms with Crippen molar-refractivity contribution >= 4 is 27.4 Å². The number of ether oxygens (including phenoxy) is 1. The van der Waals surface area contributed by atoms with Gasteiger partial charge in [-0.15, -0.1) is 11.8 Å². The molecule has 0 amide bonds. The molecule has 0 aromatic heterocycles. The topological polar surface area (TPSA) is 60.4 Å². The summed E-state index contributed by atoms with van der Waals surface area (Å²) >= 11 is 1.60. The van der Waals surface area contributed by atoms with Gasteiger partial charge in [-0.2, -0.15) is 0 Å². The van der Waals surface area contributed by atoms with E-state index >= 15 is 0 Å². The molecule has 0 radical (unpaired) electrons. The maximum atomic E-state index is 12.0. The number of benzene rings is 1. The van der Waals surface area contributed by atoms with Crippen LogP contribution in [0.1, 0.15) is 12.8 Å². The summed E-state index contributed by atoms with van der Waals surface area (Å²) in [6.45, 7) is 0. The lowest BCUT2D eigenvalue weighted by Gasteiger charge is -2.24. The minimum Gasteiger partial charge on any atom is -0.481 e. The molecular weight excluding hydrogens is 284 g/mol. The summed E-state index contributed by atoms with van der Waals surface area (Å²) in [5.41, 5.74) is 0. The smallest absolute Gasteiger partial charge is 0.174 e. The quantitative estimate of drug-likeness (QED) is 0.831. The summed E-state index contributed by atoms with van der Waals surface area (Å²) < 4.78 is 27.7. The van der Waals surface area contributed by atoms with E-state index in [2.05, 4.69) is 0 Å². The number of hydrogen-bond donors (Lipinski definition) is 0. The van der Waals surface area contributed by atoms with Crippen molar-refractivity contribution in [3.05, 3.63) is 24.3 Å². The fourth-order valence-electron chi connectivity index (χ4n) is 1.85. The highest BCUT2D eigenvalue weighted by Crippen LogP contribution is 2.35. The highest BCUT2D eigenvalue weighted by atomic mass is 32.2. The third-order valence-corrected chi connectivity index (χ3v) is 4.95. The van der Waals surface area contributed by atoms with Crippen molar-refractivity contribution in [3.63, 3.8) is 0 Å². The van der Waals surface area contributed by atoms with E-state index in [-0.39, 0.29) is 18.0 Å². The van der Waals surface area contributed by atoms with Crippen molar-refractivity contribution < 1.29 is 17.9 Å². The Morgan fingerprint density at radius 2 is 2.16 bits per heavy atom. The number of fused-ring (bicyclic) bond motifs is 1. The van der Waals surface area contributed by atoms with Gasteiger partial charge < -0.3 is 4.74 Å². The Bertz CT molecular complexity index is 566. The maximum Gasteiger partial charge on any atom is 0.174 e. The van der Waals surface area contributed by atoms with E-state index in [0.717, 1.165) is 10.6 Å². The van der Waals surface area contributed by atoms with E-state index in [1.165, 1.54) is 6.26 Å². The van der Waals surface area contributed by atoms with Crippen LogP contribution >= 0.6 is 11.8 Å². The van der Waals surface area contributed by atoms with E-state index < -0.39 is 15.9 Å². The van der Waals surface area contributed by atoms with Crippen LogP contribution in [-0.2, 0) is 14.6 Å². The largest absolute Gasteiger partial charge is 0.481 e. The summed E-state index contributed by atoms with van der Waals surface area (Å²) in [6, 6.07) is 7.61. The second-order valence-corrected chi connectivity index (χ2v) is 7.89. The zero-order chi connectivity index (χ0) is 13.9. The molecule has 2 rings (SSSR count).